The molecule has 1 aromatic rings. The molecule has 1 aromatic carbocycles. The number of non-ortho nitro benzene ring substituents is 1. The summed E-state index contributed by atoms with van der Waals surface area (Å²) in [5.41, 5.74) is -0.664. The Morgan fingerprint density at radius 1 is 1.29 bits per heavy atom. The highest BCUT2D eigenvalue weighted by Crippen LogP contribution is 2.48. The Labute approximate surface area is 137 Å². The van der Waals surface area contributed by atoms with E-state index in [4.69, 9.17) is 0 Å². The van der Waals surface area contributed by atoms with E-state index in [1.54, 1.807) is 20.8 Å². The Kier molecular flexibility index (Phi) is 3.26. The summed E-state index contributed by atoms with van der Waals surface area (Å²) in [6.07, 6.45) is 0.108. The lowest BCUT2D eigenvalue weighted by Crippen LogP contribution is -2.46. The van der Waals surface area contributed by atoms with Crippen molar-refractivity contribution >= 4 is 23.5 Å². The molecule has 24 heavy (non-hydrogen) atoms. The largest absolute Gasteiger partial charge is 0.478 e. The van der Waals surface area contributed by atoms with Gasteiger partial charge >= 0.3 is 5.97 Å². The maximum Gasteiger partial charge on any atom is 0.336 e. The number of fused-ring (bicyclic) bond motifs is 3. The molecule has 1 fully saturated rings. The average Bonchev–Trinajstić information content (AvgIpc) is 2.93. The first-order valence-electron chi connectivity index (χ1n) is 7.46. The van der Waals surface area contributed by atoms with E-state index in [1.165, 1.54) is 11.0 Å². The number of likely N-dealkylation sites (tertiary alicyclic amines) is 1. The van der Waals surface area contributed by atoms with E-state index < -0.39 is 34.2 Å². The van der Waals surface area contributed by atoms with Gasteiger partial charge in [0.15, 0.2) is 0 Å². The Morgan fingerprint density at radius 3 is 2.42 bits per heavy atom. The molecule has 126 valence electrons. The number of carboxylic acid groups (broad SMARTS) is 1. The normalized spacial score (nSPS) is 22.5. The highest BCUT2D eigenvalue weighted by molar-refractivity contribution is 6.10. The van der Waals surface area contributed by atoms with Crippen LogP contribution in [-0.2, 0) is 16.0 Å². The van der Waals surface area contributed by atoms with Crippen LogP contribution in [0.25, 0.3) is 0 Å². The van der Waals surface area contributed by atoms with Gasteiger partial charge in [0.2, 0.25) is 11.8 Å². The van der Waals surface area contributed by atoms with Crippen molar-refractivity contribution in [1.82, 2.24) is 4.90 Å². The van der Waals surface area contributed by atoms with Crippen molar-refractivity contribution in [1.29, 1.82) is 0 Å². The predicted molar refractivity (Wildman–Crippen MR) is 81.6 cm³/mol. The molecule has 0 saturated carbocycles. The van der Waals surface area contributed by atoms with Crippen LogP contribution in [0.15, 0.2) is 12.1 Å². The van der Waals surface area contributed by atoms with Crippen molar-refractivity contribution in [2.45, 2.75) is 38.6 Å². The number of carbonyl (C=O) groups is 3. The lowest BCUT2D eigenvalue weighted by atomic mass is 9.94. The lowest BCUT2D eigenvalue weighted by molar-refractivity contribution is -0.385. The monoisotopic (exact) mass is 332 g/mol. The number of carbonyl (C=O) groups excluding carboxylic acids is 2. The predicted octanol–water partition coefficient (Wildman–Crippen LogP) is 1.72. The van der Waals surface area contributed by atoms with Crippen molar-refractivity contribution in [2.24, 2.45) is 5.92 Å². The van der Waals surface area contributed by atoms with Crippen LogP contribution in [0.3, 0.4) is 0 Å². The average molecular weight is 332 g/mol. The highest BCUT2D eigenvalue weighted by Gasteiger charge is 2.56. The van der Waals surface area contributed by atoms with Crippen molar-refractivity contribution < 1.29 is 24.4 Å². The van der Waals surface area contributed by atoms with Gasteiger partial charge in [0.1, 0.15) is 0 Å². The smallest absolute Gasteiger partial charge is 0.336 e. The molecule has 1 heterocycles. The summed E-state index contributed by atoms with van der Waals surface area (Å²) < 4.78 is 0. The Bertz CT molecular complexity index is 808. The molecule has 1 N–H and O–H groups in total. The molecule has 8 nitrogen and oxygen atoms in total. The minimum Gasteiger partial charge on any atom is -0.478 e. The Hall–Kier alpha value is -2.77. The summed E-state index contributed by atoms with van der Waals surface area (Å²) in [7, 11) is 0. The molecule has 0 spiro atoms. The summed E-state index contributed by atoms with van der Waals surface area (Å²) in [6, 6.07) is 2.21. The van der Waals surface area contributed by atoms with E-state index in [0.717, 1.165) is 6.07 Å². The van der Waals surface area contributed by atoms with Crippen LogP contribution >= 0.6 is 0 Å². The first-order chi connectivity index (χ1) is 11.0. The van der Waals surface area contributed by atoms with E-state index in [0.29, 0.717) is 5.56 Å². The zero-order chi connectivity index (χ0) is 18.0. The van der Waals surface area contributed by atoms with Crippen LogP contribution in [0.5, 0.6) is 0 Å². The summed E-state index contributed by atoms with van der Waals surface area (Å²) in [6.45, 7) is 5.21. The van der Waals surface area contributed by atoms with Gasteiger partial charge in [-0.15, -0.1) is 0 Å². The number of nitrogens with zero attached hydrogens (tertiary/aromatic N) is 2. The van der Waals surface area contributed by atoms with Crippen LogP contribution in [0.1, 0.15) is 48.2 Å². The number of nitro groups is 1. The number of carboxylic acids is 1. The molecule has 1 saturated heterocycles. The molecule has 0 bridgehead atoms. The van der Waals surface area contributed by atoms with Gasteiger partial charge < -0.3 is 5.11 Å². The Balaban J connectivity index is 2.18. The van der Waals surface area contributed by atoms with Gasteiger partial charge in [-0.25, -0.2) is 4.79 Å². The Morgan fingerprint density at radius 2 is 1.92 bits per heavy atom. The zero-order valence-corrected chi connectivity index (χ0v) is 13.4. The van der Waals surface area contributed by atoms with Crippen molar-refractivity contribution in [2.75, 3.05) is 0 Å². The topological polar surface area (TPSA) is 118 Å². The van der Waals surface area contributed by atoms with Crippen LogP contribution in [-0.4, -0.2) is 38.3 Å². The van der Waals surface area contributed by atoms with Gasteiger partial charge in [-0.3, -0.25) is 24.6 Å². The van der Waals surface area contributed by atoms with E-state index in [1.807, 2.05) is 0 Å². The molecule has 0 radical (unpaired) electrons. The van der Waals surface area contributed by atoms with E-state index in [2.05, 4.69) is 0 Å². The second-order valence-electron chi connectivity index (χ2n) is 7.09. The van der Waals surface area contributed by atoms with Gasteiger partial charge in [-0.1, -0.05) is 0 Å². The van der Waals surface area contributed by atoms with E-state index in [9.17, 15) is 29.6 Å². The molecule has 2 aliphatic rings. The van der Waals surface area contributed by atoms with Gasteiger partial charge in [0, 0.05) is 17.7 Å². The van der Waals surface area contributed by atoms with Crippen LogP contribution in [0.4, 0.5) is 5.69 Å². The molecule has 0 aromatic heterocycles. The van der Waals surface area contributed by atoms with E-state index >= 15 is 0 Å². The summed E-state index contributed by atoms with van der Waals surface area (Å²) in [4.78, 5) is 48.4. The van der Waals surface area contributed by atoms with Gasteiger partial charge in [-0.2, -0.15) is 0 Å². The number of hydrogen-bond acceptors (Lipinski definition) is 5. The van der Waals surface area contributed by atoms with Gasteiger partial charge in [0.25, 0.3) is 5.69 Å². The van der Waals surface area contributed by atoms with Crippen molar-refractivity contribution in [3.05, 3.63) is 38.9 Å². The summed E-state index contributed by atoms with van der Waals surface area (Å²) in [5.74, 6) is -3.61. The molecule has 0 unspecified atom stereocenters. The number of imide groups is 1. The van der Waals surface area contributed by atoms with Crippen LogP contribution in [0, 0.1) is 16.0 Å². The fourth-order valence-electron chi connectivity index (χ4n) is 3.64. The first-order valence-corrected chi connectivity index (χ1v) is 7.46. The molecule has 2 amide bonds. The van der Waals surface area contributed by atoms with Gasteiger partial charge in [-0.05, 0) is 38.3 Å². The van der Waals surface area contributed by atoms with Gasteiger partial charge in [0.05, 0.1) is 22.3 Å². The molecule has 2 atom stereocenters. The molecular weight excluding hydrogens is 316 g/mol. The number of rotatable bonds is 2. The number of benzene rings is 1. The zero-order valence-electron chi connectivity index (χ0n) is 13.4. The number of nitro benzene ring substituents is 1. The van der Waals surface area contributed by atoms with Crippen molar-refractivity contribution in [3.8, 4) is 0 Å². The second-order valence-corrected chi connectivity index (χ2v) is 7.09. The number of amides is 2. The van der Waals surface area contributed by atoms with Crippen LogP contribution < -0.4 is 0 Å². The first kappa shape index (κ1) is 16.1. The van der Waals surface area contributed by atoms with E-state index in [-0.39, 0.29) is 29.1 Å². The third-order valence-corrected chi connectivity index (χ3v) is 4.57. The molecule has 8 heteroatoms. The van der Waals surface area contributed by atoms with Crippen LogP contribution in [0.2, 0.25) is 0 Å². The standard InChI is InChI=1S/C16H16N2O6/c1-16(2,3)17-13(19)11-6-8-9(12(11)14(17)20)4-7(18(23)24)5-10(8)15(21)22/h4-5,11-12H,6H2,1-3H3,(H,21,22)/t11-,12+/m1/s1. The summed E-state index contributed by atoms with van der Waals surface area (Å²) in [5, 5.41) is 20.4. The molecule has 1 aliphatic carbocycles. The maximum atomic E-state index is 12.8. The minimum atomic E-state index is -1.30. The molecule has 1 aliphatic heterocycles. The minimum absolute atomic E-state index is 0.108. The molecule has 3 rings (SSSR count). The summed E-state index contributed by atoms with van der Waals surface area (Å²) >= 11 is 0. The molecular formula is C16H16N2O6. The lowest BCUT2D eigenvalue weighted by Gasteiger charge is -2.30. The van der Waals surface area contributed by atoms with Crippen molar-refractivity contribution in [3.63, 3.8) is 0 Å². The third kappa shape index (κ3) is 2.10. The number of aromatic carboxylic acids is 1. The second kappa shape index (κ2) is 4.86. The maximum absolute atomic E-state index is 12.8. The number of hydrogen-bond donors (Lipinski definition) is 1. The quantitative estimate of drug-likeness (QED) is 0.500. The SMILES string of the molecule is CC(C)(C)N1C(=O)[C@@H]2Cc3c(C(=O)O)cc([N+](=O)[O-])cc3[C@@H]2C1=O. The fraction of sp³-hybridized carbons (Fsp3) is 0.438. The third-order valence-electron chi connectivity index (χ3n) is 4.57. The fourth-order valence-corrected chi connectivity index (χ4v) is 3.64. The highest BCUT2D eigenvalue weighted by atomic mass is 16.6.